The van der Waals surface area contributed by atoms with Crippen molar-refractivity contribution in [1.82, 2.24) is 0 Å². The number of Topliss-reactive ketones (excluding diaryl/α,β-unsaturated/α-hetero) is 1. The highest BCUT2D eigenvalue weighted by molar-refractivity contribution is 6.42. The molecule has 92 valence electrons. The number of ketones is 1. The van der Waals surface area contributed by atoms with Crippen molar-refractivity contribution in [3.8, 4) is 0 Å². The number of hydrogen-bond donors (Lipinski definition) is 0. The van der Waals surface area contributed by atoms with Gasteiger partial charge in [-0.1, -0.05) is 35.3 Å². The number of carbonyl (C=O) groups is 2. The molecule has 0 unspecified atom stereocenters. The lowest BCUT2D eigenvalue weighted by molar-refractivity contribution is -0.141. The van der Waals surface area contributed by atoms with Gasteiger partial charge in [-0.15, -0.1) is 0 Å². The van der Waals surface area contributed by atoms with Gasteiger partial charge in [0.05, 0.1) is 23.6 Å². The first-order valence-electron chi connectivity index (χ1n) is 5.06. The van der Waals surface area contributed by atoms with Crippen molar-refractivity contribution in [2.75, 3.05) is 7.11 Å². The summed E-state index contributed by atoms with van der Waals surface area (Å²) in [4.78, 5) is 22.5. The van der Waals surface area contributed by atoms with Crippen molar-refractivity contribution >= 4 is 35.0 Å². The van der Waals surface area contributed by atoms with Crippen LogP contribution in [0.4, 0.5) is 0 Å². The van der Waals surface area contributed by atoms with Crippen molar-refractivity contribution in [3.05, 3.63) is 33.8 Å². The van der Waals surface area contributed by atoms with Crippen LogP contribution in [-0.4, -0.2) is 18.9 Å². The number of hydrogen-bond acceptors (Lipinski definition) is 3. The summed E-state index contributed by atoms with van der Waals surface area (Å²) in [6.07, 6.45) is 0.416. The molecule has 0 aliphatic carbocycles. The van der Waals surface area contributed by atoms with E-state index in [-0.39, 0.29) is 25.0 Å². The van der Waals surface area contributed by atoms with Gasteiger partial charge in [0.15, 0.2) is 0 Å². The molecule has 0 saturated heterocycles. The molecule has 5 heteroatoms. The van der Waals surface area contributed by atoms with E-state index in [1.54, 1.807) is 18.2 Å². The van der Waals surface area contributed by atoms with Gasteiger partial charge in [-0.2, -0.15) is 0 Å². The van der Waals surface area contributed by atoms with Crippen LogP contribution in [0, 0.1) is 0 Å². The third-order valence-electron chi connectivity index (χ3n) is 2.25. The molecule has 0 aliphatic rings. The van der Waals surface area contributed by atoms with Crippen LogP contribution in [0.2, 0.25) is 10.0 Å². The number of ether oxygens (including phenoxy) is 1. The van der Waals surface area contributed by atoms with Crippen LogP contribution in [0.3, 0.4) is 0 Å². The summed E-state index contributed by atoms with van der Waals surface area (Å²) < 4.78 is 4.46. The molecule has 0 bridgehead atoms. The highest BCUT2D eigenvalue weighted by Gasteiger charge is 2.11. The fraction of sp³-hybridized carbons (Fsp3) is 0.333. The van der Waals surface area contributed by atoms with Crippen LogP contribution in [0.5, 0.6) is 0 Å². The minimum Gasteiger partial charge on any atom is -0.469 e. The Morgan fingerprint density at radius 2 is 1.94 bits per heavy atom. The molecule has 1 rings (SSSR count). The van der Waals surface area contributed by atoms with Crippen LogP contribution in [-0.2, 0) is 20.7 Å². The summed E-state index contributed by atoms with van der Waals surface area (Å²) >= 11 is 11.8. The van der Waals surface area contributed by atoms with Crippen LogP contribution < -0.4 is 0 Å². The third-order valence-corrected chi connectivity index (χ3v) is 3.11. The van der Waals surface area contributed by atoms with Gasteiger partial charge in [-0.05, 0) is 11.6 Å². The quantitative estimate of drug-likeness (QED) is 0.776. The van der Waals surface area contributed by atoms with E-state index in [0.29, 0.717) is 15.6 Å². The van der Waals surface area contributed by atoms with Gasteiger partial charge in [-0.3, -0.25) is 9.59 Å². The summed E-state index contributed by atoms with van der Waals surface area (Å²) in [6, 6.07) is 5.13. The first-order valence-corrected chi connectivity index (χ1v) is 5.81. The van der Waals surface area contributed by atoms with Crippen molar-refractivity contribution in [2.24, 2.45) is 0 Å². The molecule has 0 atom stereocenters. The molecule has 0 spiro atoms. The minimum absolute atomic E-state index is 0.0698. The second-order valence-electron chi connectivity index (χ2n) is 3.50. The molecule has 0 heterocycles. The maximum Gasteiger partial charge on any atom is 0.305 e. The van der Waals surface area contributed by atoms with E-state index in [9.17, 15) is 9.59 Å². The summed E-state index contributed by atoms with van der Waals surface area (Å²) in [5.74, 6) is -0.463. The van der Waals surface area contributed by atoms with E-state index < -0.39 is 5.97 Å². The second kappa shape index (κ2) is 6.62. The lowest BCUT2D eigenvalue weighted by Gasteiger charge is -2.04. The number of methoxy groups -OCH3 is 1. The topological polar surface area (TPSA) is 43.4 Å². The summed E-state index contributed by atoms with van der Waals surface area (Å²) in [5.41, 5.74) is 0.675. The summed E-state index contributed by atoms with van der Waals surface area (Å²) in [6.45, 7) is 0. The van der Waals surface area contributed by atoms with E-state index in [1.807, 2.05) is 0 Å². The van der Waals surface area contributed by atoms with Crippen molar-refractivity contribution in [1.29, 1.82) is 0 Å². The predicted octanol–water partition coefficient (Wildman–Crippen LogP) is 3.06. The van der Waals surface area contributed by atoms with Crippen molar-refractivity contribution < 1.29 is 14.3 Å². The number of carbonyl (C=O) groups excluding carboxylic acids is 2. The van der Waals surface area contributed by atoms with E-state index in [0.717, 1.165) is 0 Å². The van der Waals surface area contributed by atoms with Crippen LogP contribution in [0.15, 0.2) is 18.2 Å². The molecule has 17 heavy (non-hydrogen) atoms. The highest BCUT2D eigenvalue weighted by Crippen LogP contribution is 2.26. The summed E-state index contributed by atoms with van der Waals surface area (Å²) in [5, 5.41) is 0.811. The Kier molecular flexibility index (Phi) is 5.45. The maximum atomic E-state index is 11.6. The third kappa shape index (κ3) is 4.36. The summed E-state index contributed by atoms with van der Waals surface area (Å²) in [7, 11) is 1.29. The van der Waals surface area contributed by atoms with Crippen LogP contribution in [0.1, 0.15) is 18.4 Å². The van der Waals surface area contributed by atoms with Gasteiger partial charge in [0.1, 0.15) is 5.78 Å². The smallest absolute Gasteiger partial charge is 0.305 e. The van der Waals surface area contributed by atoms with Crippen LogP contribution in [0.25, 0.3) is 0 Å². The average molecular weight is 275 g/mol. The van der Waals surface area contributed by atoms with Gasteiger partial charge < -0.3 is 4.74 Å². The molecule has 0 N–H and O–H groups in total. The van der Waals surface area contributed by atoms with Gasteiger partial charge in [0.25, 0.3) is 0 Å². The maximum absolute atomic E-state index is 11.6. The van der Waals surface area contributed by atoms with Gasteiger partial charge in [0.2, 0.25) is 0 Å². The molecule has 1 aromatic rings. The van der Waals surface area contributed by atoms with Gasteiger partial charge >= 0.3 is 5.97 Å². The predicted molar refractivity (Wildman–Crippen MR) is 66.4 cm³/mol. The van der Waals surface area contributed by atoms with Gasteiger partial charge in [0, 0.05) is 12.8 Å². The molecule has 0 fully saturated rings. The first-order chi connectivity index (χ1) is 8.04. The fourth-order valence-electron chi connectivity index (χ4n) is 1.33. The van der Waals surface area contributed by atoms with E-state index in [1.165, 1.54) is 7.11 Å². The van der Waals surface area contributed by atoms with Crippen molar-refractivity contribution in [2.45, 2.75) is 19.3 Å². The fourth-order valence-corrected chi connectivity index (χ4v) is 1.72. The lowest BCUT2D eigenvalue weighted by Crippen LogP contribution is -2.08. The second-order valence-corrected chi connectivity index (χ2v) is 4.29. The molecular weight excluding hydrogens is 263 g/mol. The highest BCUT2D eigenvalue weighted by atomic mass is 35.5. The van der Waals surface area contributed by atoms with E-state index in [2.05, 4.69) is 4.74 Å². The number of benzene rings is 1. The van der Waals surface area contributed by atoms with E-state index >= 15 is 0 Å². The van der Waals surface area contributed by atoms with Crippen LogP contribution >= 0.6 is 23.2 Å². The molecule has 3 nitrogen and oxygen atoms in total. The normalized spacial score (nSPS) is 10.1. The molecule has 0 radical (unpaired) electrons. The Morgan fingerprint density at radius 3 is 2.59 bits per heavy atom. The van der Waals surface area contributed by atoms with E-state index in [4.69, 9.17) is 23.2 Å². The molecule has 0 saturated carbocycles. The zero-order chi connectivity index (χ0) is 12.8. The molecule has 0 aliphatic heterocycles. The minimum atomic E-state index is -0.393. The SMILES string of the molecule is COC(=O)CCC(=O)Cc1cccc(Cl)c1Cl. The standard InChI is InChI=1S/C12H12Cl2O3/c1-17-11(16)6-5-9(15)7-8-3-2-4-10(13)12(8)14/h2-4H,5-7H2,1H3. The average Bonchev–Trinajstić information content (AvgIpc) is 2.32. The largest absolute Gasteiger partial charge is 0.469 e. The zero-order valence-corrected chi connectivity index (χ0v) is 10.8. The Hall–Kier alpha value is -1.06. The first kappa shape index (κ1) is 14.0. The number of esters is 1. The van der Waals surface area contributed by atoms with Crippen molar-refractivity contribution in [3.63, 3.8) is 0 Å². The Balaban J connectivity index is 2.56. The monoisotopic (exact) mass is 274 g/mol. The molecular formula is C12H12Cl2O3. The lowest BCUT2D eigenvalue weighted by atomic mass is 10.1. The number of rotatable bonds is 5. The number of halogens is 2. The molecule has 0 amide bonds. The molecule has 1 aromatic carbocycles. The Labute approximate surface area is 110 Å². The van der Waals surface area contributed by atoms with Gasteiger partial charge in [-0.25, -0.2) is 0 Å². The molecule has 0 aromatic heterocycles. The zero-order valence-electron chi connectivity index (χ0n) is 9.33. The Bertz CT molecular complexity index is 430. The Morgan fingerprint density at radius 1 is 1.24 bits per heavy atom.